The maximum Gasteiger partial charge on any atom is 0.407 e. The van der Waals surface area contributed by atoms with Gasteiger partial charge in [0.25, 0.3) is 0 Å². The number of nitrogens with zero attached hydrogens (tertiary/aromatic N) is 1. The number of methoxy groups -OCH3 is 1. The largest absolute Gasteiger partial charge is 0.444 e. The number of hydrogen-bond donors (Lipinski definition) is 1. The normalized spacial score (nSPS) is 21.6. The minimum atomic E-state index is -0.520. The molecule has 3 atom stereocenters. The van der Waals surface area contributed by atoms with Gasteiger partial charge in [-0.25, -0.2) is 4.79 Å². The molecule has 2 aromatic rings. The minimum Gasteiger partial charge on any atom is -0.444 e. The molecule has 168 valence electrons. The first-order valence-corrected chi connectivity index (χ1v) is 11.2. The van der Waals surface area contributed by atoms with E-state index >= 15 is 0 Å². The monoisotopic (exact) mass is 424 g/mol. The van der Waals surface area contributed by atoms with Crippen LogP contribution in [-0.4, -0.2) is 41.9 Å². The summed E-state index contributed by atoms with van der Waals surface area (Å²) in [5.74, 6) is 0. The number of nitrogens with one attached hydrogen (secondary N) is 1. The van der Waals surface area contributed by atoms with E-state index in [9.17, 15) is 4.79 Å². The average molecular weight is 425 g/mol. The maximum absolute atomic E-state index is 12.4. The molecule has 0 heterocycles. The summed E-state index contributed by atoms with van der Waals surface area (Å²) < 4.78 is 11.5. The molecule has 3 unspecified atom stereocenters. The summed E-state index contributed by atoms with van der Waals surface area (Å²) in [7, 11) is 1.75. The SMILES string of the molecule is COC1C(NC(=O)OC(C)(C)C)CCCC1N(Cc1ccccc1)Cc1ccccc1. The number of carbonyl (C=O) groups is 1. The molecular formula is C26H36N2O3. The van der Waals surface area contributed by atoms with Crippen LogP contribution in [0.5, 0.6) is 0 Å². The predicted octanol–water partition coefficient (Wildman–Crippen LogP) is 5.15. The van der Waals surface area contributed by atoms with E-state index < -0.39 is 5.60 Å². The highest BCUT2D eigenvalue weighted by Crippen LogP contribution is 2.29. The van der Waals surface area contributed by atoms with Crippen LogP contribution in [0.2, 0.25) is 0 Å². The lowest BCUT2D eigenvalue weighted by molar-refractivity contribution is -0.0394. The molecule has 0 aromatic heterocycles. The molecule has 1 saturated carbocycles. The Kier molecular flexibility index (Phi) is 8.10. The van der Waals surface area contributed by atoms with E-state index in [4.69, 9.17) is 9.47 Å². The van der Waals surface area contributed by atoms with Crippen LogP contribution in [0.1, 0.15) is 51.2 Å². The van der Waals surface area contributed by atoms with Crippen LogP contribution in [0.3, 0.4) is 0 Å². The van der Waals surface area contributed by atoms with E-state index in [0.717, 1.165) is 32.4 Å². The van der Waals surface area contributed by atoms with Gasteiger partial charge in [-0.05, 0) is 51.2 Å². The van der Waals surface area contributed by atoms with Gasteiger partial charge in [0.15, 0.2) is 0 Å². The van der Waals surface area contributed by atoms with Gasteiger partial charge in [-0.1, -0.05) is 60.7 Å². The number of hydrogen-bond acceptors (Lipinski definition) is 4. The summed E-state index contributed by atoms with van der Waals surface area (Å²) in [5.41, 5.74) is 2.03. The van der Waals surface area contributed by atoms with Gasteiger partial charge in [0.1, 0.15) is 5.60 Å². The third-order valence-electron chi connectivity index (χ3n) is 5.69. The first-order chi connectivity index (χ1) is 14.9. The van der Waals surface area contributed by atoms with Crippen molar-refractivity contribution in [1.29, 1.82) is 0 Å². The number of rotatable bonds is 7. The lowest BCUT2D eigenvalue weighted by Gasteiger charge is -2.43. The van der Waals surface area contributed by atoms with Crippen LogP contribution < -0.4 is 5.32 Å². The Hall–Kier alpha value is -2.37. The van der Waals surface area contributed by atoms with E-state index in [1.54, 1.807) is 7.11 Å². The molecule has 1 aliphatic carbocycles. The van der Waals surface area contributed by atoms with Crippen molar-refractivity contribution in [3.05, 3.63) is 71.8 Å². The molecule has 0 radical (unpaired) electrons. The van der Waals surface area contributed by atoms with Gasteiger partial charge >= 0.3 is 6.09 Å². The molecule has 0 aliphatic heterocycles. The van der Waals surface area contributed by atoms with Crippen LogP contribution in [0.15, 0.2) is 60.7 Å². The smallest absolute Gasteiger partial charge is 0.407 e. The highest BCUT2D eigenvalue weighted by Gasteiger charge is 2.38. The fourth-order valence-corrected chi connectivity index (χ4v) is 4.39. The lowest BCUT2D eigenvalue weighted by atomic mass is 9.86. The molecule has 5 nitrogen and oxygen atoms in total. The van der Waals surface area contributed by atoms with Crippen molar-refractivity contribution in [2.45, 2.75) is 76.9 Å². The number of ether oxygens (including phenoxy) is 2. The Labute approximate surface area is 186 Å². The van der Waals surface area contributed by atoms with E-state index in [-0.39, 0.29) is 24.3 Å². The molecule has 0 bridgehead atoms. The predicted molar refractivity (Wildman–Crippen MR) is 124 cm³/mol. The van der Waals surface area contributed by atoms with Gasteiger partial charge in [0, 0.05) is 26.2 Å². The second kappa shape index (κ2) is 10.8. The summed E-state index contributed by atoms with van der Waals surface area (Å²) >= 11 is 0. The zero-order valence-electron chi connectivity index (χ0n) is 19.2. The summed E-state index contributed by atoms with van der Waals surface area (Å²) in [4.78, 5) is 14.9. The van der Waals surface area contributed by atoms with Gasteiger partial charge in [0.2, 0.25) is 0 Å². The highest BCUT2D eigenvalue weighted by atomic mass is 16.6. The van der Waals surface area contributed by atoms with Crippen molar-refractivity contribution in [3.8, 4) is 0 Å². The van der Waals surface area contributed by atoms with E-state index in [1.807, 2.05) is 32.9 Å². The van der Waals surface area contributed by atoms with Gasteiger partial charge in [-0.2, -0.15) is 0 Å². The van der Waals surface area contributed by atoms with E-state index in [1.165, 1.54) is 11.1 Å². The van der Waals surface area contributed by atoms with Gasteiger partial charge in [0.05, 0.1) is 12.1 Å². The van der Waals surface area contributed by atoms with Crippen molar-refractivity contribution in [2.75, 3.05) is 7.11 Å². The van der Waals surface area contributed by atoms with Crippen molar-refractivity contribution in [2.24, 2.45) is 0 Å². The zero-order chi connectivity index (χ0) is 22.3. The molecule has 2 aromatic carbocycles. The minimum absolute atomic E-state index is 0.0763. The number of alkyl carbamates (subject to hydrolysis) is 1. The molecule has 1 aliphatic rings. The van der Waals surface area contributed by atoms with Crippen LogP contribution in [0.4, 0.5) is 4.79 Å². The Morgan fingerprint density at radius 2 is 1.52 bits per heavy atom. The molecule has 31 heavy (non-hydrogen) atoms. The first-order valence-electron chi connectivity index (χ1n) is 11.2. The van der Waals surface area contributed by atoms with Crippen LogP contribution in [0, 0.1) is 0 Å². The Balaban J connectivity index is 1.79. The van der Waals surface area contributed by atoms with Crippen LogP contribution in [0.25, 0.3) is 0 Å². The summed E-state index contributed by atoms with van der Waals surface area (Å²) in [6, 6.07) is 21.2. The Bertz CT molecular complexity index is 763. The second-order valence-electron chi connectivity index (χ2n) is 9.33. The zero-order valence-corrected chi connectivity index (χ0v) is 19.2. The fourth-order valence-electron chi connectivity index (χ4n) is 4.39. The van der Waals surface area contributed by atoms with Gasteiger partial charge in [-0.3, -0.25) is 4.90 Å². The second-order valence-corrected chi connectivity index (χ2v) is 9.33. The van der Waals surface area contributed by atoms with Gasteiger partial charge < -0.3 is 14.8 Å². The topological polar surface area (TPSA) is 50.8 Å². The quantitative estimate of drug-likeness (QED) is 0.668. The molecule has 1 amide bonds. The molecule has 3 rings (SSSR count). The molecule has 0 saturated heterocycles. The Morgan fingerprint density at radius 1 is 0.968 bits per heavy atom. The molecule has 0 spiro atoms. The Morgan fingerprint density at radius 3 is 2.00 bits per heavy atom. The number of benzene rings is 2. The van der Waals surface area contributed by atoms with Crippen LogP contribution in [-0.2, 0) is 22.6 Å². The third kappa shape index (κ3) is 7.08. The van der Waals surface area contributed by atoms with Crippen molar-refractivity contribution >= 4 is 6.09 Å². The third-order valence-corrected chi connectivity index (χ3v) is 5.69. The summed E-state index contributed by atoms with van der Waals surface area (Å²) in [5, 5.41) is 3.08. The molecular weight excluding hydrogens is 388 g/mol. The van der Waals surface area contributed by atoms with Gasteiger partial charge in [-0.15, -0.1) is 0 Å². The maximum atomic E-state index is 12.4. The summed E-state index contributed by atoms with van der Waals surface area (Å²) in [6.45, 7) is 7.31. The van der Waals surface area contributed by atoms with Crippen molar-refractivity contribution in [3.63, 3.8) is 0 Å². The fraction of sp³-hybridized carbons (Fsp3) is 0.500. The molecule has 1 N–H and O–H groups in total. The van der Waals surface area contributed by atoms with Crippen molar-refractivity contribution in [1.82, 2.24) is 10.2 Å². The summed E-state index contributed by atoms with van der Waals surface area (Å²) in [6.07, 6.45) is 2.47. The lowest BCUT2D eigenvalue weighted by Crippen LogP contribution is -2.57. The van der Waals surface area contributed by atoms with E-state index in [0.29, 0.717) is 0 Å². The average Bonchev–Trinajstić information content (AvgIpc) is 2.73. The first kappa shape index (κ1) is 23.3. The standard InChI is InChI=1S/C26H36N2O3/c1-26(2,3)31-25(29)27-22-16-11-17-23(24(22)30-4)28(18-20-12-7-5-8-13-20)19-21-14-9-6-10-15-21/h5-10,12-15,22-24H,11,16-19H2,1-4H3,(H,27,29). The number of amides is 1. The highest BCUT2D eigenvalue weighted by molar-refractivity contribution is 5.68. The van der Waals surface area contributed by atoms with Crippen molar-refractivity contribution < 1.29 is 14.3 Å². The van der Waals surface area contributed by atoms with Crippen LogP contribution >= 0.6 is 0 Å². The number of carbonyl (C=O) groups excluding carboxylic acids is 1. The molecule has 1 fully saturated rings. The van der Waals surface area contributed by atoms with E-state index in [2.05, 4.69) is 58.7 Å². The molecule has 5 heteroatoms.